The van der Waals surface area contributed by atoms with Gasteiger partial charge in [0, 0.05) is 13.0 Å². The normalized spacial score (nSPS) is 17.9. The van der Waals surface area contributed by atoms with Crippen LogP contribution in [0.15, 0.2) is 53.9 Å². The van der Waals surface area contributed by atoms with Gasteiger partial charge in [0.2, 0.25) is 5.91 Å². The minimum absolute atomic E-state index is 0.00434. The molecular formula is C23H23FN4O3S. The number of para-hydroxylation sites is 1. The lowest BCUT2D eigenvalue weighted by atomic mass is 10.0. The molecule has 7 nitrogen and oxygen atoms in total. The number of carbonyl (C=O) groups is 1. The first-order valence-corrected chi connectivity index (χ1v) is 11.7. The van der Waals surface area contributed by atoms with Gasteiger partial charge in [0.05, 0.1) is 30.7 Å². The largest absolute Gasteiger partial charge is 0.490 e. The molecule has 0 aliphatic carbocycles. The maximum Gasteiger partial charge on any atom is 0.233 e. The molecule has 2 aliphatic rings. The van der Waals surface area contributed by atoms with E-state index in [1.165, 1.54) is 24.2 Å². The summed E-state index contributed by atoms with van der Waals surface area (Å²) in [5, 5.41) is 8.46. The van der Waals surface area contributed by atoms with E-state index in [1.54, 1.807) is 22.8 Å². The quantitative estimate of drug-likeness (QED) is 0.543. The molecule has 1 atom stereocenters. The molecule has 0 saturated carbocycles. The molecule has 1 aromatic heterocycles. The number of halogens is 1. The van der Waals surface area contributed by atoms with Crippen molar-refractivity contribution in [2.45, 2.75) is 30.5 Å². The first kappa shape index (κ1) is 20.8. The van der Waals surface area contributed by atoms with Gasteiger partial charge in [-0.2, -0.15) is 0 Å². The molecule has 1 amide bonds. The smallest absolute Gasteiger partial charge is 0.233 e. The van der Waals surface area contributed by atoms with Gasteiger partial charge in [0.25, 0.3) is 0 Å². The molecule has 0 radical (unpaired) electrons. The van der Waals surface area contributed by atoms with Gasteiger partial charge in [0.1, 0.15) is 12.1 Å². The topological polar surface area (TPSA) is 69.5 Å². The van der Waals surface area contributed by atoms with Crippen LogP contribution < -0.4 is 9.47 Å². The summed E-state index contributed by atoms with van der Waals surface area (Å²) >= 11 is 1.26. The number of likely N-dealkylation sites (tertiary alicyclic amines) is 1. The Bertz CT molecular complexity index is 1120. The first-order chi connectivity index (χ1) is 15.7. The lowest BCUT2D eigenvalue weighted by molar-refractivity contribution is -0.129. The van der Waals surface area contributed by atoms with Crippen molar-refractivity contribution >= 4 is 17.7 Å². The van der Waals surface area contributed by atoms with E-state index in [1.807, 2.05) is 23.1 Å². The molecule has 3 heterocycles. The predicted octanol–water partition coefficient (Wildman–Crippen LogP) is 4.02. The van der Waals surface area contributed by atoms with Crippen LogP contribution in [-0.2, 0) is 4.79 Å². The molecule has 0 unspecified atom stereocenters. The number of hydrogen-bond donors (Lipinski definition) is 0. The van der Waals surface area contributed by atoms with Crippen molar-refractivity contribution in [3.05, 3.63) is 60.2 Å². The van der Waals surface area contributed by atoms with Gasteiger partial charge >= 0.3 is 0 Å². The molecular weight excluding hydrogens is 431 g/mol. The fourth-order valence-corrected chi connectivity index (χ4v) is 4.95. The first-order valence-electron chi connectivity index (χ1n) is 10.7. The maximum atomic E-state index is 14.2. The molecule has 5 rings (SSSR count). The lowest BCUT2D eigenvalue weighted by Crippen LogP contribution is -2.32. The number of aromatic nitrogens is 3. The zero-order valence-electron chi connectivity index (χ0n) is 17.4. The summed E-state index contributed by atoms with van der Waals surface area (Å²) < 4.78 is 27.3. The van der Waals surface area contributed by atoms with E-state index < -0.39 is 0 Å². The fraction of sp³-hybridized carbons (Fsp3) is 0.348. The van der Waals surface area contributed by atoms with Crippen LogP contribution in [0.1, 0.15) is 30.9 Å². The average Bonchev–Trinajstić information content (AvgIpc) is 3.42. The van der Waals surface area contributed by atoms with E-state index in [4.69, 9.17) is 9.47 Å². The van der Waals surface area contributed by atoms with Crippen molar-refractivity contribution in [3.63, 3.8) is 0 Å². The standard InChI is InChI=1S/C23H23FN4O3S/c24-17-5-1-2-6-19(17)28-15-25-26-23(28)32-14-22(29)27-10-3-7-18(27)16-8-9-20-21(13-16)31-12-4-11-30-20/h1-2,5-6,8-9,13,15,18H,3-4,7,10-12,14H2/t18-/m0/s1. The number of rotatable bonds is 5. The molecule has 2 aromatic carbocycles. The lowest BCUT2D eigenvalue weighted by Gasteiger charge is -2.25. The van der Waals surface area contributed by atoms with E-state index in [-0.39, 0.29) is 23.5 Å². The summed E-state index contributed by atoms with van der Waals surface area (Å²) in [5.41, 5.74) is 1.42. The van der Waals surface area contributed by atoms with Gasteiger partial charge in [-0.05, 0) is 42.7 Å². The monoisotopic (exact) mass is 454 g/mol. The van der Waals surface area contributed by atoms with Gasteiger partial charge in [-0.25, -0.2) is 4.39 Å². The zero-order valence-corrected chi connectivity index (χ0v) is 18.3. The third-order valence-electron chi connectivity index (χ3n) is 5.68. The van der Waals surface area contributed by atoms with E-state index in [0.717, 1.165) is 36.3 Å². The summed E-state index contributed by atoms with van der Waals surface area (Å²) in [5.74, 6) is 1.35. The fourth-order valence-electron chi connectivity index (χ4n) is 4.14. The molecule has 0 N–H and O–H groups in total. The minimum Gasteiger partial charge on any atom is -0.490 e. The molecule has 2 aliphatic heterocycles. The second kappa shape index (κ2) is 9.20. The highest BCUT2D eigenvalue weighted by Crippen LogP contribution is 2.38. The number of hydrogen-bond acceptors (Lipinski definition) is 6. The Balaban J connectivity index is 1.29. The van der Waals surface area contributed by atoms with Crippen molar-refractivity contribution in [3.8, 4) is 17.2 Å². The van der Waals surface area contributed by atoms with E-state index in [9.17, 15) is 9.18 Å². The summed E-state index contributed by atoms with van der Waals surface area (Å²) in [7, 11) is 0. The van der Waals surface area contributed by atoms with E-state index in [2.05, 4.69) is 10.2 Å². The van der Waals surface area contributed by atoms with Crippen LogP contribution >= 0.6 is 11.8 Å². The van der Waals surface area contributed by atoms with Crippen LogP contribution in [0.25, 0.3) is 5.69 Å². The highest BCUT2D eigenvalue weighted by molar-refractivity contribution is 7.99. The van der Waals surface area contributed by atoms with Crippen LogP contribution in [0.2, 0.25) is 0 Å². The number of amides is 1. The van der Waals surface area contributed by atoms with Crippen LogP contribution in [0, 0.1) is 5.82 Å². The van der Waals surface area contributed by atoms with Crippen molar-refractivity contribution in [2.24, 2.45) is 0 Å². The molecule has 1 fully saturated rings. The summed E-state index contributed by atoms with van der Waals surface area (Å²) in [4.78, 5) is 15.0. The summed E-state index contributed by atoms with van der Waals surface area (Å²) in [6.07, 6.45) is 4.16. The number of ether oxygens (including phenoxy) is 2. The third-order valence-corrected chi connectivity index (χ3v) is 6.61. The molecule has 3 aromatic rings. The molecule has 166 valence electrons. The van der Waals surface area contributed by atoms with Crippen molar-refractivity contribution in [1.82, 2.24) is 19.7 Å². The maximum absolute atomic E-state index is 14.2. The third kappa shape index (κ3) is 4.17. The Labute approximate surface area is 189 Å². The van der Waals surface area contributed by atoms with Crippen molar-refractivity contribution < 1.29 is 18.7 Å². The minimum atomic E-state index is -0.366. The van der Waals surface area contributed by atoms with Gasteiger partial charge in [-0.3, -0.25) is 9.36 Å². The Hall–Kier alpha value is -3.07. The highest BCUT2D eigenvalue weighted by atomic mass is 32.2. The highest BCUT2D eigenvalue weighted by Gasteiger charge is 2.31. The number of thioether (sulfide) groups is 1. The molecule has 32 heavy (non-hydrogen) atoms. The Morgan fingerprint density at radius 1 is 1.12 bits per heavy atom. The SMILES string of the molecule is O=C(CSc1nncn1-c1ccccc1F)N1CCC[C@H]1c1ccc2c(c1)OCCCO2. The summed E-state index contributed by atoms with van der Waals surface area (Å²) in [6, 6.07) is 12.4. The zero-order chi connectivity index (χ0) is 21.9. The van der Waals surface area contributed by atoms with Crippen LogP contribution in [0.3, 0.4) is 0 Å². The summed E-state index contributed by atoms with van der Waals surface area (Å²) in [6.45, 7) is 1.98. The van der Waals surface area contributed by atoms with Crippen LogP contribution in [0.5, 0.6) is 11.5 Å². The molecule has 1 saturated heterocycles. The molecule has 0 bridgehead atoms. The number of fused-ring (bicyclic) bond motifs is 1. The second-order valence-electron chi connectivity index (χ2n) is 7.73. The van der Waals surface area contributed by atoms with E-state index >= 15 is 0 Å². The Morgan fingerprint density at radius 3 is 2.84 bits per heavy atom. The van der Waals surface area contributed by atoms with Crippen LogP contribution in [-0.4, -0.2) is 51.1 Å². The Kier molecular flexibility index (Phi) is 5.98. The Morgan fingerprint density at radius 2 is 1.97 bits per heavy atom. The van der Waals surface area contributed by atoms with Gasteiger partial charge in [0.15, 0.2) is 16.7 Å². The van der Waals surface area contributed by atoms with Crippen molar-refractivity contribution in [2.75, 3.05) is 25.5 Å². The van der Waals surface area contributed by atoms with Gasteiger partial charge in [-0.1, -0.05) is 30.0 Å². The second-order valence-corrected chi connectivity index (χ2v) is 8.67. The van der Waals surface area contributed by atoms with Gasteiger partial charge in [-0.15, -0.1) is 10.2 Å². The molecule has 0 spiro atoms. The van der Waals surface area contributed by atoms with Crippen molar-refractivity contribution in [1.29, 1.82) is 0 Å². The van der Waals surface area contributed by atoms with Crippen LogP contribution in [0.4, 0.5) is 4.39 Å². The number of carbonyl (C=O) groups excluding carboxylic acids is 1. The van der Waals surface area contributed by atoms with E-state index in [0.29, 0.717) is 30.6 Å². The number of benzene rings is 2. The van der Waals surface area contributed by atoms with Gasteiger partial charge < -0.3 is 14.4 Å². The average molecular weight is 455 g/mol. The molecule has 9 heteroatoms. The number of nitrogens with zero attached hydrogens (tertiary/aromatic N) is 4. The predicted molar refractivity (Wildman–Crippen MR) is 118 cm³/mol.